The fraction of sp³-hybridized carbons (Fsp3) is 0.417. The van der Waals surface area contributed by atoms with Gasteiger partial charge in [-0.2, -0.15) is 0 Å². The normalized spacial score (nSPS) is 15.2. The Bertz CT molecular complexity index is 497. The van der Waals surface area contributed by atoms with Gasteiger partial charge in [0.05, 0.1) is 22.8 Å². The van der Waals surface area contributed by atoms with Crippen molar-refractivity contribution in [3.63, 3.8) is 0 Å². The van der Waals surface area contributed by atoms with Gasteiger partial charge in [0.2, 0.25) is 0 Å². The van der Waals surface area contributed by atoms with Crippen molar-refractivity contribution < 1.29 is 19.6 Å². The number of rotatable bonds is 4. The van der Waals surface area contributed by atoms with E-state index in [-0.39, 0.29) is 23.2 Å². The van der Waals surface area contributed by atoms with Crippen molar-refractivity contribution in [3.05, 3.63) is 28.3 Å². The molecule has 19 heavy (non-hydrogen) atoms. The van der Waals surface area contributed by atoms with Crippen LogP contribution in [0.4, 0.5) is 16.2 Å². The predicted molar refractivity (Wildman–Crippen MR) is 67.6 cm³/mol. The van der Waals surface area contributed by atoms with Gasteiger partial charge in [-0.05, 0) is 31.7 Å². The van der Waals surface area contributed by atoms with E-state index in [0.29, 0.717) is 0 Å². The molecule has 7 nitrogen and oxygen atoms in total. The molecule has 1 aromatic rings. The Labute approximate surface area is 109 Å². The second-order valence-electron chi connectivity index (χ2n) is 4.39. The number of nitrogens with zero attached hydrogens (tertiary/aromatic N) is 1. The highest BCUT2D eigenvalue weighted by molar-refractivity contribution is 5.85. The largest absolute Gasteiger partial charge is 0.488 e. The van der Waals surface area contributed by atoms with Crippen LogP contribution < -0.4 is 10.1 Å². The zero-order chi connectivity index (χ0) is 13.8. The van der Waals surface area contributed by atoms with Crippen molar-refractivity contribution in [2.75, 3.05) is 5.32 Å². The third kappa shape index (κ3) is 3.34. The van der Waals surface area contributed by atoms with Crippen LogP contribution in [0, 0.1) is 10.1 Å². The van der Waals surface area contributed by atoms with Crippen LogP contribution in [0.5, 0.6) is 5.75 Å². The molecule has 1 fully saturated rings. The van der Waals surface area contributed by atoms with Gasteiger partial charge in [0.25, 0.3) is 5.69 Å². The number of anilines is 1. The molecule has 0 aliphatic heterocycles. The second-order valence-corrected chi connectivity index (χ2v) is 4.39. The molecule has 102 valence electrons. The fourth-order valence-electron chi connectivity index (χ4n) is 2.13. The summed E-state index contributed by atoms with van der Waals surface area (Å²) in [4.78, 5) is 20.9. The van der Waals surface area contributed by atoms with Crippen molar-refractivity contribution in [2.45, 2.75) is 31.8 Å². The summed E-state index contributed by atoms with van der Waals surface area (Å²) in [7, 11) is 0. The Morgan fingerprint density at radius 2 is 2.11 bits per heavy atom. The number of carboxylic acid groups (broad SMARTS) is 1. The molecule has 0 aromatic heterocycles. The molecule has 1 amide bonds. The molecule has 7 heteroatoms. The number of hydrogen-bond donors (Lipinski definition) is 2. The van der Waals surface area contributed by atoms with E-state index in [1.807, 2.05) is 0 Å². The molecule has 2 rings (SSSR count). The highest BCUT2D eigenvalue weighted by Crippen LogP contribution is 2.33. The lowest BCUT2D eigenvalue weighted by Gasteiger charge is -2.16. The summed E-state index contributed by atoms with van der Waals surface area (Å²) in [5.41, 5.74) is 0.105. The summed E-state index contributed by atoms with van der Waals surface area (Å²) in [5.74, 6) is 0.212. The highest BCUT2D eigenvalue weighted by Gasteiger charge is 2.20. The first-order valence-electron chi connectivity index (χ1n) is 6.01. The van der Waals surface area contributed by atoms with Crippen LogP contribution in [-0.4, -0.2) is 22.2 Å². The average molecular weight is 266 g/mol. The number of ether oxygens (including phenoxy) is 1. The van der Waals surface area contributed by atoms with Crippen molar-refractivity contribution in [2.24, 2.45) is 0 Å². The van der Waals surface area contributed by atoms with Gasteiger partial charge in [-0.15, -0.1) is 0 Å². The van der Waals surface area contributed by atoms with E-state index in [4.69, 9.17) is 9.84 Å². The molecule has 1 aromatic carbocycles. The Hall–Kier alpha value is -2.31. The van der Waals surface area contributed by atoms with Gasteiger partial charge in [0, 0.05) is 6.07 Å². The van der Waals surface area contributed by atoms with E-state index in [0.717, 1.165) is 25.7 Å². The van der Waals surface area contributed by atoms with Gasteiger partial charge in [-0.3, -0.25) is 15.4 Å². The monoisotopic (exact) mass is 266 g/mol. The van der Waals surface area contributed by atoms with Crippen LogP contribution >= 0.6 is 0 Å². The maximum absolute atomic E-state index is 10.7. The third-order valence-corrected chi connectivity index (χ3v) is 3.01. The molecule has 0 saturated heterocycles. The number of nitrogens with one attached hydrogen (secondary N) is 1. The van der Waals surface area contributed by atoms with Gasteiger partial charge < -0.3 is 9.84 Å². The number of amides is 1. The lowest BCUT2D eigenvalue weighted by molar-refractivity contribution is -0.384. The molecule has 1 aliphatic rings. The number of benzene rings is 1. The maximum Gasteiger partial charge on any atom is 0.409 e. The number of non-ortho nitro benzene ring substituents is 1. The minimum absolute atomic E-state index is 0.00338. The van der Waals surface area contributed by atoms with Crippen LogP contribution in [0.25, 0.3) is 0 Å². The van der Waals surface area contributed by atoms with Crippen LogP contribution in [0.2, 0.25) is 0 Å². The van der Waals surface area contributed by atoms with Crippen molar-refractivity contribution >= 4 is 17.5 Å². The zero-order valence-electron chi connectivity index (χ0n) is 10.2. The molecule has 2 N–H and O–H groups in total. The number of nitro groups is 1. The Kier molecular flexibility index (Phi) is 3.84. The lowest BCUT2D eigenvalue weighted by atomic mass is 10.2. The molecule has 0 bridgehead atoms. The molecular weight excluding hydrogens is 252 g/mol. The molecule has 0 heterocycles. The minimum atomic E-state index is -1.23. The summed E-state index contributed by atoms with van der Waals surface area (Å²) in [5, 5.41) is 21.6. The number of carbonyl (C=O) groups is 1. The Balaban J connectivity index is 2.25. The zero-order valence-corrected chi connectivity index (χ0v) is 10.2. The number of nitro benzene ring substituents is 1. The van der Waals surface area contributed by atoms with Gasteiger partial charge in [-0.1, -0.05) is 0 Å². The molecule has 1 saturated carbocycles. The van der Waals surface area contributed by atoms with E-state index >= 15 is 0 Å². The quantitative estimate of drug-likeness (QED) is 0.644. The van der Waals surface area contributed by atoms with Crippen molar-refractivity contribution in [1.29, 1.82) is 0 Å². The van der Waals surface area contributed by atoms with Crippen molar-refractivity contribution in [1.82, 2.24) is 0 Å². The van der Waals surface area contributed by atoms with Crippen molar-refractivity contribution in [3.8, 4) is 5.75 Å². The highest BCUT2D eigenvalue weighted by atomic mass is 16.6. The Morgan fingerprint density at radius 3 is 2.68 bits per heavy atom. The Morgan fingerprint density at radius 1 is 1.42 bits per heavy atom. The fourth-order valence-corrected chi connectivity index (χ4v) is 2.13. The third-order valence-electron chi connectivity index (χ3n) is 3.01. The molecular formula is C12H14N2O5. The van der Waals surface area contributed by atoms with E-state index < -0.39 is 11.0 Å². The topological polar surface area (TPSA) is 102 Å². The standard InChI is InChI=1S/C12H14N2O5/c15-12(16)13-10-6-5-8(14(17)18)7-11(10)19-9-3-1-2-4-9/h5-7,9,13H,1-4H2,(H,15,16). The lowest BCUT2D eigenvalue weighted by Crippen LogP contribution is -2.14. The predicted octanol–water partition coefficient (Wildman–Crippen LogP) is 3.01. The average Bonchev–Trinajstić information content (AvgIpc) is 2.83. The van der Waals surface area contributed by atoms with Gasteiger partial charge in [-0.25, -0.2) is 4.79 Å². The van der Waals surface area contributed by atoms with E-state index in [1.165, 1.54) is 18.2 Å². The smallest absolute Gasteiger partial charge is 0.409 e. The maximum atomic E-state index is 10.7. The van der Waals surface area contributed by atoms with Gasteiger partial charge >= 0.3 is 6.09 Å². The molecule has 1 aliphatic carbocycles. The molecule has 0 atom stereocenters. The van der Waals surface area contributed by atoms with Crippen LogP contribution in [0.15, 0.2) is 18.2 Å². The SMILES string of the molecule is O=C(O)Nc1ccc([N+](=O)[O-])cc1OC1CCCC1. The molecule has 0 spiro atoms. The van der Waals surface area contributed by atoms with Gasteiger partial charge in [0.15, 0.2) is 0 Å². The van der Waals surface area contributed by atoms with E-state index in [2.05, 4.69) is 5.32 Å². The van der Waals surface area contributed by atoms with Crippen LogP contribution in [0.3, 0.4) is 0 Å². The minimum Gasteiger partial charge on any atom is -0.488 e. The summed E-state index contributed by atoms with van der Waals surface area (Å²) in [6.45, 7) is 0. The summed E-state index contributed by atoms with van der Waals surface area (Å²) < 4.78 is 5.67. The first kappa shape index (κ1) is 13.1. The van der Waals surface area contributed by atoms with E-state index in [9.17, 15) is 14.9 Å². The molecule has 0 unspecified atom stereocenters. The first-order valence-corrected chi connectivity index (χ1v) is 6.01. The van der Waals surface area contributed by atoms with E-state index in [1.54, 1.807) is 0 Å². The first-order chi connectivity index (χ1) is 9.06. The van der Waals surface area contributed by atoms with Crippen LogP contribution in [0.1, 0.15) is 25.7 Å². The van der Waals surface area contributed by atoms with Crippen LogP contribution in [-0.2, 0) is 0 Å². The summed E-state index contributed by atoms with van der Waals surface area (Å²) in [6.07, 6.45) is 2.65. The van der Waals surface area contributed by atoms with Gasteiger partial charge in [0.1, 0.15) is 5.75 Å². The summed E-state index contributed by atoms with van der Waals surface area (Å²) >= 11 is 0. The molecule has 0 radical (unpaired) electrons. The number of hydrogen-bond acceptors (Lipinski definition) is 4. The summed E-state index contributed by atoms with van der Waals surface area (Å²) in [6, 6.07) is 3.84. The second kappa shape index (κ2) is 5.55.